The lowest BCUT2D eigenvalue weighted by Crippen LogP contribution is -2.47. The first-order chi connectivity index (χ1) is 38.4. The molecule has 9 nitrogen and oxygen atoms in total. The normalized spacial score (nSPS) is 14.0. The van der Waals surface area contributed by atoms with Gasteiger partial charge in [0.1, 0.15) is 19.3 Å². The highest BCUT2D eigenvalue weighted by atomic mass is 31.2. The lowest BCUT2D eigenvalue weighted by molar-refractivity contribution is -0.870. The van der Waals surface area contributed by atoms with Crippen LogP contribution in [0.3, 0.4) is 0 Å². The van der Waals surface area contributed by atoms with E-state index in [0.29, 0.717) is 17.4 Å². The van der Waals surface area contributed by atoms with E-state index in [4.69, 9.17) is 13.8 Å². The monoisotopic (exact) mass is 1130 g/mol. The van der Waals surface area contributed by atoms with Gasteiger partial charge in [-0.2, -0.15) is 0 Å². The number of likely N-dealkylation sites (N-methyl/N-ethyl adjacent to an activating group) is 1. The summed E-state index contributed by atoms with van der Waals surface area (Å²) in [6, 6.07) is -0.858. The van der Waals surface area contributed by atoms with Crippen LogP contribution in [-0.4, -0.2) is 74.3 Å². The van der Waals surface area contributed by atoms with E-state index in [1.54, 1.807) is 0 Å². The molecule has 0 rings (SSSR count). The molecule has 10 heteroatoms. The van der Waals surface area contributed by atoms with E-state index in [1.807, 2.05) is 33.3 Å². The molecule has 0 heterocycles. The molecule has 0 bridgehead atoms. The zero-order valence-electron chi connectivity index (χ0n) is 52.9. The molecule has 0 spiro atoms. The van der Waals surface area contributed by atoms with Crippen molar-refractivity contribution in [1.29, 1.82) is 0 Å². The molecule has 3 unspecified atom stereocenters. The number of phosphoric acid groups is 1. The van der Waals surface area contributed by atoms with Crippen LogP contribution in [0.4, 0.5) is 0 Å². The Kier molecular flexibility index (Phi) is 57.2. The molecule has 0 radical (unpaired) electrons. The maximum atomic E-state index is 13.6. The Hall–Kier alpha value is -2.29. The summed E-state index contributed by atoms with van der Waals surface area (Å²) in [5.41, 5.74) is 0. The Morgan fingerprint density at radius 3 is 1.18 bits per heavy atom. The summed E-state index contributed by atoms with van der Waals surface area (Å²) in [7, 11) is 1.49. The SMILES string of the molecule is CCCCC/C=C\C/C=C\C/C=C\C/C=C\CCCCCCCC(=O)NC(COP(=O)(O)OCC[N+](C)(C)C)C(/C=C/CCCCCCCCCCC)OC(=O)CCCCCCCCCCCCCCCCCCCCCCC. The first-order valence-corrected chi connectivity index (χ1v) is 35.1. The number of allylic oxidation sites excluding steroid dienone is 9. The third kappa shape index (κ3) is 60.1. The van der Waals surface area contributed by atoms with Gasteiger partial charge in [-0.1, -0.05) is 287 Å². The van der Waals surface area contributed by atoms with Crippen LogP contribution in [0.15, 0.2) is 60.8 Å². The van der Waals surface area contributed by atoms with E-state index < -0.39 is 20.0 Å². The van der Waals surface area contributed by atoms with Crippen molar-refractivity contribution < 1.29 is 37.3 Å². The summed E-state index contributed by atoms with van der Waals surface area (Å²) < 4.78 is 30.7. The molecule has 0 aliphatic rings. The summed E-state index contributed by atoms with van der Waals surface area (Å²) in [5.74, 6) is -0.515. The largest absolute Gasteiger partial charge is 0.472 e. The van der Waals surface area contributed by atoms with Gasteiger partial charge < -0.3 is 19.4 Å². The van der Waals surface area contributed by atoms with Crippen molar-refractivity contribution in [2.24, 2.45) is 0 Å². The van der Waals surface area contributed by atoms with Gasteiger partial charge in [-0.25, -0.2) is 4.57 Å². The van der Waals surface area contributed by atoms with Crippen molar-refractivity contribution >= 4 is 19.7 Å². The minimum atomic E-state index is -4.46. The summed E-state index contributed by atoms with van der Waals surface area (Å²) in [4.78, 5) is 37.8. The van der Waals surface area contributed by atoms with Gasteiger partial charge in [0.05, 0.1) is 33.8 Å². The summed E-state index contributed by atoms with van der Waals surface area (Å²) in [6.45, 7) is 7.00. The third-order valence-corrected chi connectivity index (χ3v) is 15.9. The van der Waals surface area contributed by atoms with E-state index in [0.717, 1.165) is 96.3 Å². The molecule has 79 heavy (non-hydrogen) atoms. The predicted octanol–water partition coefficient (Wildman–Crippen LogP) is 21.0. The minimum Gasteiger partial charge on any atom is -0.456 e. The fourth-order valence-corrected chi connectivity index (χ4v) is 10.5. The van der Waals surface area contributed by atoms with Crippen LogP contribution in [0.5, 0.6) is 0 Å². The number of ether oxygens (including phenoxy) is 1. The molecule has 0 fully saturated rings. The Bertz CT molecular complexity index is 1540. The molecule has 462 valence electrons. The Balaban J connectivity index is 5.14. The highest BCUT2D eigenvalue weighted by Gasteiger charge is 2.30. The van der Waals surface area contributed by atoms with Crippen LogP contribution in [-0.2, 0) is 27.9 Å². The number of nitrogens with zero attached hydrogens (tertiary/aromatic N) is 1. The van der Waals surface area contributed by atoms with Crippen LogP contribution in [0, 0.1) is 0 Å². The lowest BCUT2D eigenvalue weighted by atomic mass is 10.0. The van der Waals surface area contributed by atoms with Crippen molar-refractivity contribution in [1.82, 2.24) is 5.32 Å². The van der Waals surface area contributed by atoms with Crippen molar-refractivity contribution in [2.75, 3.05) is 40.9 Å². The van der Waals surface area contributed by atoms with Gasteiger partial charge in [0.15, 0.2) is 0 Å². The fourth-order valence-electron chi connectivity index (χ4n) is 9.75. The van der Waals surface area contributed by atoms with Gasteiger partial charge in [-0.05, 0) is 76.7 Å². The number of hydrogen-bond donors (Lipinski definition) is 2. The fraction of sp³-hybridized carbons (Fsp3) is 0.826. The van der Waals surface area contributed by atoms with Gasteiger partial charge in [0.2, 0.25) is 5.91 Å². The molecule has 0 aromatic carbocycles. The second-order valence-corrected chi connectivity index (χ2v) is 25.5. The molecule has 0 aliphatic carbocycles. The Morgan fingerprint density at radius 1 is 0.443 bits per heavy atom. The molecule has 3 atom stereocenters. The number of quaternary nitrogens is 1. The van der Waals surface area contributed by atoms with Crippen LogP contribution in [0.1, 0.15) is 316 Å². The Labute approximate surface area is 490 Å². The molecular weight excluding hydrogens is 1000 g/mol. The number of nitrogens with one attached hydrogen (secondary N) is 1. The number of esters is 1. The molecule has 0 aliphatic heterocycles. The van der Waals surface area contributed by atoms with Crippen LogP contribution in [0.25, 0.3) is 0 Å². The second kappa shape index (κ2) is 58.9. The van der Waals surface area contributed by atoms with Gasteiger partial charge >= 0.3 is 13.8 Å². The molecule has 0 aromatic rings. The number of carbonyl (C=O) groups excluding carboxylic acids is 2. The van der Waals surface area contributed by atoms with E-state index in [-0.39, 0.29) is 31.5 Å². The average Bonchev–Trinajstić information content (AvgIpc) is 3.41. The van der Waals surface area contributed by atoms with Crippen molar-refractivity contribution in [3.63, 3.8) is 0 Å². The summed E-state index contributed by atoms with van der Waals surface area (Å²) >= 11 is 0. The van der Waals surface area contributed by atoms with Gasteiger partial charge in [-0.15, -0.1) is 0 Å². The number of hydrogen-bond acceptors (Lipinski definition) is 6. The second-order valence-electron chi connectivity index (χ2n) is 24.0. The zero-order chi connectivity index (χ0) is 57.9. The number of amides is 1. The molecule has 0 aromatic heterocycles. The minimum absolute atomic E-state index is 0.0361. The average molecular weight is 1130 g/mol. The first kappa shape index (κ1) is 76.7. The third-order valence-electron chi connectivity index (χ3n) is 15.0. The van der Waals surface area contributed by atoms with Crippen molar-refractivity contribution in [3.05, 3.63) is 60.8 Å². The van der Waals surface area contributed by atoms with Gasteiger partial charge in [0.25, 0.3) is 0 Å². The lowest BCUT2D eigenvalue weighted by Gasteiger charge is -2.27. The molecule has 2 N–H and O–H groups in total. The maximum Gasteiger partial charge on any atom is 0.472 e. The number of unbranched alkanes of at least 4 members (excludes halogenated alkanes) is 37. The standard InChI is InChI=1S/C69H129N2O7P/c1-7-10-13-16-19-22-25-27-29-31-33-35-37-39-41-43-46-49-52-55-58-61-68(72)70-66(65-77-79(74,75)76-64-63-71(4,5)6)67(60-57-54-51-48-45-24-21-18-15-12-9-3)78-69(73)62-59-56-53-50-47-44-42-40-38-36-34-32-30-28-26-23-20-17-14-11-8-2/h19,22,27,29,33,35,39,41,57,60,66-67H,7-18,20-21,23-26,28,30-32,34,36-38,40,42-56,58-59,61-65H2,1-6H3,(H-,70,72,74,75)/p+1/b22-19-,29-27-,35-33-,41-39-,60-57+. The summed E-state index contributed by atoms with van der Waals surface area (Å²) in [5, 5.41) is 3.05. The van der Waals surface area contributed by atoms with Gasteiger partial charge in [-0.3, -0.25) is 18.6 Å². The topological polar surface area (TPSA) is 111 Å². The maximum absolute atomic E-state index is 13.6. The number of rotatable bonds is 61. The molecular formula is C69H130N2O7P+. The van der Waals surface area contributed by atoms with E-state index in [2.05, 4.69) is 74.7 Å². The molecule has 0 saturated heterocycles. The van der Waals surface area contributed by atoms with Gasteiger partial charge in [0, 0.05) is 12.8 Å². The first-order valence-electron chi connectivity index (χ1n) is 33.6. The number of carbonyl (C=O) groups is 2. The number of phosphoric ester groups is 1. The van der Waals surface area contributed by atoms with Crippen LogP contribution < -0.4 is 5.32 Å². The van der Waals surface area contributed by atoms with Crippen molar-refractivity contribution in [2.45, 2.75) is 328 Å². The molecule has 1 amide bonds. The van der Waals surface area contributed by atoms with Crippen LogP contribution >= 0.6 is 7.82 Å². The van der Waals surface area contributed by atoms with Crippen LogP contribution in [0.2, 0.25) is 0 Å². The molecule has 0 saturated carbocycles. The van der Waals surface area contributed by atoms with Crippen molar-refractivity contribution in [3.8, 4) is 0 Å². The predicted molar refractivity (Wildman–Crippen MR) is 342 cm³/mol. The Morgan fingerprint density at radius 2 is 0.772 bits per heavy atom. The highest BCUT2D eigenvalue weighted by Crippen LogP contribution is 2.43. The van der Waals surface area contributed by atoms with E-state index >= 15 is 0 Å². The van der Waals surface area contributed by atoms with E-state index in [9.17, 15) is 19.0 Å². The summed E-state index contributed by atoms with van der Waals surface area (Å²) in [6.07, 6.45) is 75.1. The zero-order valence-corrected chi connectivity index (χ0v) is 53.8. The smallest absolute Gasteiger partial charge is 0.456 e. The van der Waals surface area contributed by atoms with E-state index in [1.165, 1.54) is 186 Å². The quantitative estimate of drug-likeness (QED) is 0.0205. The highest BCUT2D eigenvalue weighted by molar-refractivity contribution is 7.47.